The van der Waals surface area contributed by atoms with E-state index >= 15 is 0 Å². The summed E-state index contributed by atoms with van der Waals surface area (Å²) < 4.78 is 11.9. The van der Waals surface area contributed by atoms with Crippen molar-refractivity contribution in [1.82, 2.24) is 14.5 Å². The number of Topliss-reactive ketones (excluding diaryl/α,β-unsaturated/α-hetero) is 1. The first-order chi connectivity index (χ1) is 13.1. The molecule has 1 N–H and O–H groups in total. The lowest BCUT2D eigenvalue weighted by Crippen LogP contribution is -2.33. The molecule has 0 aromatic carbocycles. The van der Waals surface area contributed by atoms with Crippen LogP contribution in [0.5, 0.6) is 0 Å². The third-order valence-electron chi connectivity index (χ3n) is 4.97. The van der Waals surface area contributed by atoms with Gasteiger partial charge < -0.3 is 9.15 Å². The number of pyridine rings is 1. The van der Waals surface area contributed by atoms with Crippen LogP contribution >= 0.6 is 0 Å². The number of H-pyrrole nitrogens is 1. The van der Waals surface area contributed by atoms with Crippen LogP contribution in [0.3, 0.4) is 0 Å². The van der Waals surface area contributed by atoms with Crippen molar-refractivity contribution in [3.63, 3.8) is 0 Å². The maximum Gasteiger partial charge on any atom is 0.329 e. The first kappa shape index (κ1) is 17.4. The van der Waals surface area contributed by atoms with E-state index < -0.39 is 11.2 Å². The van der Waals surface area contributed by atoms with E-state index in [-0.39, 0.29) is 11.7 Å². The number of fused-ring (bicyclic) bond motifs is 3. The number of aromatic amines is 1. The zero-order valence-corrected chi connectivity index (χ0v) is 14.9. The summed E-state index contributed by atoms with van der Waals surface area (Å²) in [6.07, 6.45) is 4.43. The lowest BCUT2D eigenvalue weighted by Gasteiger charge is -2.23. The van der Waals surface area contributed by atoms with Gasteiger partial charge in [-0.15, -0.1) is 0 Å². The van der Waals surface area contributed by atoms with Crippen LogP contribution in [0.15, 0.2) is 38.6 Å². The molecular weight excluding hydrogens is 350 g/mol. The van der Waals surface area contributed by atoms with Crippen molar-refractivity contribution in [2.24, 2.45) is 0 Å². The Kier molecular flexibility index (Phi) is 4.49. The summed E-state index contributed by atoms with van der Waals surface area (Å²) >= 11 is 0. The van der Waals surface area contributed by atoms with Crippen LogP contribution in [-0.4, -0.2) is 34.0 Å². The van der Waals surface area contributed by atoms with Crippen molar-refractivity contribution < 1.29 is 13.9 Å². The second-order valence-electron chi connectivity index (χ2n) is 6.65. The number of nitrogens with zero attached hydrogens (tertiary/aromatic N) is 2. The number of nitrogens with one attached hydrogen (secondary N) is 1. The van der Waals surface area contributed by atoms with E-state index in [2.05, 4.69) is 9.97 Å². The maximum atomic E-state index is 12.6. The van der Waals surface area contributed by atoms with Crippen molar-refractivity contribution >= 4 is 16.8 Å². The van der Waals surface area contributed by atoms with Gasteiger partial charge in [0.2, 0.25) is 0 Å². The number of aryl methyl sites for hydroxylation is 1. The largest absolute Gasteiger partial charge is 0.469 e. The van der Waals surface area contributed by atoms with Crippen molar-refractivity contribution in [3.8, 4) is 0 Å². The van der Waals surface area contributed by atoms with Crippen LogP contribution in [0, 0.1) is 0 Å². The quantitative estimate of drug-likeness (QED) is 0.685. The number of rotatable bonds is 5. The van der Waals surface area contributed by atoms with Gasteiger partial charge in [0, 0.05) is 44.4 Å². The molecule has 3 heterocycles. The molecule has 0 radical (unpaired) electrons. The molecule has 3 aromatic rings. The molecule has 4 rings (SSSR count). The molecule has 0 amide bonds. The second-order valence-corrected chi connectivity index (χ2v) is 6.65. The van der Waals surface area contributed by atoms with Crippen molar-refractivity contribution in [2.45, 2.75) is 31.7 Å². The molecule has 8 heteroatoms. The Labute approximate surface area is 153 Å². The number of hydrogen-bond acceptors (Lipinski definition) is 6. The summed E-state index contributed by atoms with van der Waals surface area (Å²) in [6, 6.07) is 3.61. The average Bonchev–Trinajstić information content (AvgIpc) is 3.18. The summed E-state index contributed by atoms with van der Waals surface area (Å²) in [6.45, 7) is 0.846. The van der Waals surface area contributed by atoms with Gasteiger partial charge in [-0.05, 0) is 30.5 Å². The minimum atomic E-state index is -0.518. The SMILES string of the molecule is COCCCn1c(=O)[nH]c(=O)c2c3c(cnc21)C(=O)C[C@@H](c1ccco1)C3. The molecule has 0 saturated carbocycles. The van der Waals surface area contributed by atoms with E-state index in [0.717, 1.165) is 0 Å². The Bertz CT molecular complexity index is 1110. The van der Waals surface area contributed by atoms with Gasteiger partial charge in [0.25, 0.3) is 5.56 Å². The first-order valence-corrected chi connectivity index (χ1v) is 8.80. The number of ether oxygens (including phenoxy) is 1. The predicted octanol–water partition coefficient (Wildman–Crippen LogP) is 1.63. The Morgan fingerprint density at radius 1 is 1.33 bits per heavy atom. The topological polar surface area (TPSA) is 107 Å². The molecule has 0 saturated heterocycles. The minimum Gasteiger partial charge on any atom is -0.469 e. The highest BCUT2D eigenvalue weighted by Gasteiger charge is 2.31. The molecule has 1 atom stereocenters. The number of ketones is 1. The summed E-state index contributed by atoms with van der Waals surface area (Å²) in [5.41, 5.74) is 0.333. The van der Waals surface area contributed by atoms with Gasteiger partial charge in [-0.1, -0.05) is 0 Å². The molecule has 3 aromatic heterocycles. The summed E-state index contributed by atoms with van der Waals surface area (Å²) in [5, 5.41) is 0.300. The fourth-order valence-electron chi connectivity index (χ4n) is 3.71. The van der Waals surface area contributed by atoms with Gasteiger partial charge in [-0.25, -0.2) is 9.78 Å². The van der Waals surface area contributed by atoms with E-state index in [1.54, 1.807) is 19.4 Å². The number of carbonyl (C=O) groups excluding carboxylic acids is 1. The van der Waals surface area contributed by atoms with Crippen LogP contribution in [-0.2, 0) is 17.7 Å². The van der Waals surface area contributed by atoms with Crippen LogP contribution in [0.1, 0.15) is 40.4 Å². The molecule has 0 aliphatic heterocycles. The molecule has 0 fully saturated rings. The smallest absolute Gasteiger partial charge is 0.329 e. The third-order valence-corrected chi connectivity index (χ3v) is 4.97. The van der Waals surface area contributed by atoms with Gasteiger partial charge in [0.15, 0.2) is 5.78 Å². The van der Waals surface area contributed by atoms with E-state index in [4.69, 9.17) is 9.15 Å². The Morgan fingerprint density at radius 2 is 2.19 bits per heavy atom. The number of hydrogen-bond donors (Lipinski definition) is 1. The molecular formula is C19H19N3O5. The standard InChI is InChI=1S/C19H19N3O5/c1-26-6-3-5-22-17-16(18(24)21-19(22)25)12-8-11(15-4-2-7-27-15)9-14(23)13(12)10-20-17/h2,4,7,10-11H,3,5-6,8-9H2,1H3,(H,21,24,25)/t11-/m0/s1. The predicted molar refractivity (Wildman–Crippen MR) is 97.2 cm³/mol. The van der Waals surface area contributed by atoms with Gasteiger partial charge in [0.05, 0.1) is 11.6 Å². The molecule has 1 aliphatic rings. The molecule has 1 aliphatic carbocycles. The van der Waals surface area contributed by atoms with Crippen LogP contribution in [0.4, 0.5) is 0 Å². The molecule has 8 nitrogen and oxygen atoms in total. The molecule has 27 heavy (non-hydrogen) atoms. The molecule has 140 valence electrons. The summed E-state index contributed by atoms with van der Waals surface area (Å²) in [5.74, 6) is 0.492. The lowest BCUT2D eigenvalue weighted by atomic mass is 9.81. The lowest BCUT2D eigenvalue weighted by molar-refractivity contribution is 0.0960. The zero-order chi connectivity index (χ0) is 19.0. The fraction of sp³-hybridized carbons (Fsp3) is 0.368. The first-order valence-electron chi connectivity index (χ1n) is 8.80. The number of carbonyl (C=O) groups is 1. The average molecular weight is 369 g/mol. The Morgan fingerprint density at radius 3 is 2.93 bits per heavy atom. The van der Waals surface area contributed by atoms with E-state index in [9.17, 15) is 14.4 Å². The summed E-state index contributed by atoms with van der Waals surface area (Å²) in [7, 11) is 1.59. The Hall–Kier alpha value is -3.00. The molecule has 0 unspecified atom stereocenters. The highest BCUT2D eigenvalue weighted by atomic mass is 16.5. The molecule has 0 bridgehead atoms. The minimum absolute atomic E-state index is 0.0800. The van der Waals surface area contributed by atoms with Crippen LogP contribution in [0.2, 0.25) is 0 Å². The van der Waals surface area contributed by atoms with Crippen LogP contribution < -0.4 is 11.2 Å². The van der Waals surface area contributed by atoms with E-state index in [1.165, 1.54) is 10.8 Å². The number of furan rings is 1. The maximum absolute atomic E-state index is 12.6. The Balaban J connectivity index is 1.88. The normalized spacial score (nSPS) is 16.6. The van der Waals surface area contributed by atoms with Gasteiger partial charge in [-0.3, -0.25) is 19.1 Å². The summed E-state index contributed by atoms with van der Waals surface area (Å²) in [4.78, 5) is 44.1. The van der Waals surface area contributed by atoms with E-state index in [1.807, 2.05) is 6.07 Å². The van der Waals surface area contributed by atoms with Crippen molar-refractivity contribution in [1.29, 1.82) is 0 Å². The number of methoxy groups -OCH3 is 1. The van der Waals surface area contributed by atoms with Gasteiger partial charge >= 0.3 is 5.69 Å². The van der Waals surface area contributed by atoms with Crippen LogP contribution in [0.25, 0.3) is 11.0 Å². The highest BCUT2D eigenvalue weighted by molar-refractivity contribution is 6.02. The third kappa shape index (κ3) is 3.02. The number of aromatic nitrogens is 3. The fourth-order valence-corrected chi connectivity index (χ4v) is 3.71. The highest BCUT2D eigenvalue weighted by Crippen LogP contribution is 2.34. The second kappa shape index (κ2) is 6.96. The van der Waals surface area contributed by atoms with Gasteiger partial charge in [-0.2, -0.15) is 0 Å². The van der Waals surface area contributed by atoms with Crippen molar-refractivity contribution in [3.05, 3.63) is 62.3 Å². The van der Waals surface area contributed by atoms with Crippen molar-refractivity contribution in [2.75, 3.05) is 13.7 Å². The monoisotopic (exact) mass is 369 g/mol. The van der Waals surface area contributed by atoms with Gasteiger partial charge in [0.1, 0.15) is 11.4 Å². The zero-order valence-electron chi connectivity index (χ0n) is 14.9. The molecule has 0 spiro atoms. The van der Waals surface area contributed by atoms with E-state index in [0.29, 0.717) is 60.3 Å².